The molecular formula is C18H23N3O2. The summed E-state index contributed by atoms with van der Waals surface area (Å²) >= 11 is 0. The Bertz CT molecular complexity index is 703. The summed E-state index contributed by atoms with van der Waals surface area (Å²) in [7, 11) is 5.39. The largest absolute Gasteiger partial charge is 0.493 e. The molecule has 0 radical (unpaired) electrons. The van der Waals surface area contributed by atoms with Crippen molar-refractivity contribution in [2.24, 2.45) is 0 Å². The summed E-state index contributed by atoms with van der Waals surface area (Å²) in [5.41, 5.74) is 4.63. The van der Waals surface area contributed by atoms with Gasteiger partial charge in [0.2, 0.25) is 0 Å². The minimum absolute atomic E-state index is 0.325. The fourth-order valence-corrected chi connectivity index (χ4v) is 2.79. The summed E-state index contributed by atoms with van der Waals surface area (Å²) in [6.07, 6.45) is 0.325. The second kappa shape index (κ2) is 6.28. The maximum Gasteiger partial charge on any atom is 0.161 e. The van der Waals surface area contributed by atoms with Gasteiger partial charge in [-0.25, -0.2) is 0 Å². The Balaban J connectivity index is 1.71. The van der Waals surface area contributed by atoms with Gasteiger partial charge in [-0.3, -0.25) is 0 Å². The molecule has 2 aromatic carbocycles. The molecule has 1 atom stereocenters. The number of anilines is 3. The minimum atomic E-state index is 0.325. The number of nitrogens with one attached hydrogen (secondary N) is 2. The molecule has 5 heteroatoms. The van der Waals surface area contributed by atoms with E-state index in [2.05, 4.69) is 47.7 Å². The van der Waals surface area contributed by atoms with Gasteiger partial charge < -0.3 is 25.0 Å². The molecule has 0 saturated carbocycles. The molecule has 1 aliphatic rings. The lowest BCUT2D eigenvalue weighted by atomic mass is 10.2. The zero-order chi connectivity index (χ0) is 16.4. The van der Waals surface area contributed by atoms with Gasteiger partial charge in [-0.15, -0.1) is 0 Å². The molecule has 1 heterocycles. The highest BCUT2D eigenvalue weighted by Crippen LogP contribution is 2.35. The molecule has 122 valence electrons. The van der Waals surface area contributed by atoms with E-state index in [1.807, 2.05) is 18.2 Å². The third-order valence-electron chi connectivity index (χ3n) is 4.27. The van der Waals surface area contributed by atoms with Crippen molar-refractivity contribution in [1.29, 1.82) is 0 Å². The fraction of sp³-hybridized carbons (Fsp3) is 0.333. The number of fused-ring (bicyclic) bond motifs is 1. The minimum Gasteiger partial charge on any atom is -0.493 e. The Labute approximate surface area is 137 Å². The van der Waals surface area contributed by atoms with Gasteiger partial charge in [0.15, 0.2) is 11.5 Å². The second-order valence-corrected chi connectivity index (χ2v) is 5.71. The van der Waals surface area contributed by atoms with Crippen molar-refractivity contribution < 1.29 is 9.47 Å². The van der Waals surface area contributed by atoms with Crippen LogP contribution < -0.4 is 25.0 Å². The quantitative estimate of drug-likeness (QED) is 0.884. The van der Waals surface area contributed by atoms with Crippen LogP contribution in [0.3, 0.4) is 0 Å². The van der Waals surface area contributed by atoms with Gasteiger partial charge in [0.25, 0.3) is 0 Å². The standard InChI is InChI=1S/C18H23N3O2/c1-12-20-15-10-14(6-7-16(15)21(12)2)19-11-13-5-8-17(22-3)18(9-13)23-4/h5-10,12,19-20H,11H2,1-4H3. The third-order valence-corrected chi connectivity index (χ3v) is 4.27. The van der Waals surface area contributed by atoms with Crippen LogP contribution in [0.1, 0.15) is 12.5 Å². The average molecular weight is 313 g/mol. The Kier molecular flexibility index (Phi) is 4.19. The van der Waals surface area contributed by atoms with E-state index in [1.54, 1.807) is 14.2 Å². The summed E-state index contributed by atoms with van der Waals surface area (Å²) in [5, 5.41) is 6.92. The summed E-state index contributed by atoms with van der Waals surface area (Å²) in [4.78, 5) is 2.23. The Morgan fingerprint density at radius 1 is 1.09 bits per heavy atom. The van der Waals surface area contributed by atoms with E-state index in [9.17, 15) is 0 Å². The van der Waals surface area contributed by atoms with E-state index in [4.69, 9.17) is 9.47 Å². The smallest absolute Gasteiger partial charge is 0.161 e. The number of ether oxygens (including phenoxy) is 2. The number of hydrogen-bond acceptors (Lipinski definition) is 5. The van der Waals surface area contributed by atoms with Crippen LogP contribution in [-0.4, -0.2) is 27.4 Å². The third kappa shape index (κ3) is 2.99. The van der Waals surface area contributed by atoms with Gasteiger partial charge in [-0.1, -0.05) is 6.07 Å². The summed E-state index contributed by atoms with van der Waals surface area (Å²) in [5.74, 6) is 1.49. The van der Waals surface area contributed by atoms with Gasteiger partial charge in [-0.2, -0.15) is 0 Å². The zero-order valence-corrected chi connectivity index (χ0v) is 14.0. The van der Waals surface area contributed by atoms with Crippen molar-refractivity contribution in [3.63, 3.8) is 0 Å². The first-order chi connectivity index (χ1) is 11.1. The topological polar surface area (TPSA) is 45.8 Å². The van der Waals surface area contributed by atoms with Crippen molar-refractivity contribution in [3.05, 3.63) is 42.0 Å². The van der Waals surface area contributed by atoms with E-state index in [-0.39, 0.29) is 0 Å². The second-order valence-electron chi connectivity index (χ2n) is 5.71. The molecule has 0 spiro atoms. The van der Waals surface area contributed by atoms with Crippen LogP contribution in [0.4, 0.5) is 17.1 Å². The van der Waals surface area contributed by atoms with Crippen LogP contribution in [-0.2, 0) is 6.54 Å². The first kappa shape index (κ1) is 15.3. The van der Waals surface area contributed by atoms with Crippen LogP contribution in [0.15, 0.2) is 36.4 Å². The van der Waals surface area contributed by atoms with Crippen LogP contribution in [0.2, 0.25) is 0 Å². The van der Waals surface area contributed by atoms with Crippen LogP contribution in [0, 0.1) is 0 Å². The number of rotatable bonds is 5. The molecule has 0 saturated heterocycles. The summed E-state index contributed by atoms with van der Waals surface area (Å²) in [6, 6.07) is 12.4. The van der Waals surface area contributed by atoms with E-state index in [0.717, 1.165) is 35.0 Å². The van der Waals surface area contributed by atoms with Gasteiger partial charge in [0.1, 0.15) is 0 Å². The molecule has 1 unspecified atom stereocenters. The van der Waals surface area contributed by atoms with Gasteiger partial charge in [0.05, 0.1) is 31.8 Å². The number of hydrogen-bond donors (Lipinski definition) is 2. The summed E-state index contributed by atoms with van der Waals surface area (Å²) < 4.78 is 10.6. The molecule has 2 aromatic rings. The average Bonchev–Trinajstić information content (AvgIpc) is 2.86. The molecule has 23 heavy (non-hydrogen) atoms. The highest BCUT2D eigenvalue weighted by Gasteiger charge is 2.21. The van der Waals surface area contributed by atoms with Crippen molar-refractivity contribution in [1.82, 2.24) is 0 Å². The highest BCUT2D eigenvalue weighted by molar-refractivity contribution is 5.79. The van der Waals surface area contributed by atoms with Crippen molar-refractivity contribution in [2.75, 3.05) is 36.8 Å². The van der Waals surface area contributed by atoms with Gasteiger partial charge in [-0.05, 0) is 42.8 Å². The number of benzene rings is 2. The number of nitrogens with zero attached hydrogens (tertiary/aromatic N) is 1. The molecular weight excluding hydrogens is 290 g/mol. The Hall–Kier alpha value is -2.56. The van der Waals surface area contributed by atoms with E-state index in [0.29, 0.717) is 6.17 Å². The molecule has 0 aromatic heterocycles. The lowest BCUT2D eigenvalue weighted by Gasteiger charge is -2.17. The van der Waals surface area contributed by atoms with E-state index < -0.39 is 0 Å². The first-order valence-corrected chi connectivity index (χ1v) is 7.70. The number of methoxy groups -OCH3 is 2. The molecule has 0 bridgehead atoms. The lowest BCUT2D eigenvalue weighted by molar-refractivity contribution is 0.354. The SMILES string of the molecule is COc1ccc(CNc2ccc3c(c2)NC(C)N3C)cc1OC. The predicted octanol–water partition coefficient (Wildman–Crippen LogP) is 3.52. The van der Waals surface area contributed by atoms with Crippen molar-refractivity contribution >= 4 is 17.1 Å². The first-order valence-electron chi connectivity index (χ1n) is 7.70. The molecule has 0 fully saturated rings. The zero-order valence-electron chi connectivity index (χ0n) is 14.0. The van der Waals surface area contributed by atoms with Crippen LogP contribution in [0.25, 0.3) is 0 Å². The van der Waals surface area contributed by atoms with Crippen molar-refractivity contribution in [2.45, 2.75) is 19.6 Å². The normalized spacial score (nSPS) is 15.8. The van der Waals surface area contributed by atoms with E-state index in [1.165, 1.54) is 5.69 Å². The maximum atomic E-state index is 5.34. The predicted molar refractivity (Wildman–Crippen MR) is 94.8 cm³/mol. The lowest BCUT2D eigenvalue weighted by Crippen LogP contribution is -2.28. The van der Waals surface area contributed by atoms with Crippen LogP contribution in [0.5, 0.6) is 11.5 Å². The Morgan fingerprint density at radius 3 is 2.61 bits per heavy atom. The molecule has 5 nitrogen and oxygen atoms in total. The van der Waals surface area contributed by atoms with Crippen molar-refractivity contribution in [3.8, 4) is 11.5 Å². The van der Waals surface area contributed by atoms with Crippen LogP contribution >= 0.6 is 0 Å². The Morgan fingerprint density at radius 2 is 1.87 bits per heavy atom. The highest BCUT2D eigenvalue weighted by atomic mass is 16.5. The molecule has 1 aliphatic heterocycles. The maximum absolute atomic E-state index is 5.34. The monoisotopic (exact) mass is 313 g/mol. The fourth-order valence-electron chi connectivity index (χ4n) is 2.79. The van der Waals surface area contributed by atoms with Gasteiger partial charge in [0, 0.05) is 19.3 Å². The summed E-state index contributed by atoms with van der Waals surface area (Å²) in [6.45, 7) is 2.88. The molecule has 0 amide bonds. The molecule has 3 rings (SSSR count). The molecule has 0 aliphatic carbocycles. The molecule has 2 N–H and O–H groups in total. The van der Waals surface area contributed by atoms with Gasteiger partial charge >= 0.3 is 0 Å². The van der Waals surface area contributed by atoms with E-state index >= 15 is 0 Å².